The Balaban J connectivity index is 1.79. The summed E-state index contributed by atoms with van der Waals surface area (Å²) in [5, 5.41) is 6.33. The first-order valence-corrected chi connectivity index (χ1v) is 6.38. The standard InChI is InChI=1S/C13H24N2O/c1-12(2)10(13(12,3)4)8-15-11(16)9-6-5-7-14-9/h9-10,14H,5-8H2,1-4H3,(H,15,16). The Hall–Kier alpha value is -0.570. The highest BCUT2D eigenvalue weighted by molar-refractivity contribution is 5.82. The molecule has 0 bridgehead atoms. The smallest absolute Gasteiger partial charge is 0.237 e. The van der Waals surface area contributed by atoms with Gasteiger partial charge in [-0.05, 0) is 36.1 Å². The molecule has 2 N–H and O–H groups in total. The van der Waals surface area contributed by atoms with Crippen molar-refractivity contribution in [3.63, 3.8) is 0 Å². The lowest BCUT2D eigenvalue weighted by atomic mass is 10.0. The molecule has 1 atom stereocenters. The van der Waals surface area contributed by atoms with Gasteiger partial charge in [0.15, 0.2) is 0 Å². The second-order valence-corrected chi connectivity index (χ2v) is 6.39. The largest absolute Gasteiger partial charge is 0.354 e. The van der Waals surface area contributed by atoms with E-state index in [9.17, 15) is 4.79 Å². The van der Waals surface area contributed by atoms with E-state index in [4.69, 9.17) is 0 Å². The van der Waals surface area contributed by atoms with Crippen LogP contribution in [0.25, 0.3) is 0 Å². The van der Waals surface area contributed by atoms with E-state index in [1.807, 2.05) is 0 Å². The highest BCUT2D eigenvalue weighted by Crippen LogP contribution is 2.67. The molecule has 1 amide bonds. The van der Waals surface area contributed by atoms with Gasteiger partial charge in [-0.1, -0.05) is 27.7 Å². The van der Waals surface area contributed by atoms with Gasteiger partial charge in [-0.2, -0.15) is 0 Å². The molecule has 1 aliphatic heterocycles. The van der Waals surface area contributed by atoms with Crippen LogP contribution in [0.2, 0.25) is 0 Å². The number of hydrogen-bond acceptors (Lipinski definition) is 2. The third kappa shape index (κ3) is 1.75. The zero-order valence-electron chi connectivity index (χ0n) is 10.9. The van der Waals surface area contributed by atoms with Crippen molar-refractivity contribution in [2.75, 3.05) is 13.1 Å². The van der Waals surface area contributed by atoms with Crippen LogP contribution in [0.1, 0.15) is 40.5 Å². The van der Waals surface area contributed by atoms with Crippen molar-refractivity contribution in [3.05, 3.63) is 0 Å². The molecule has 0 spiro atoms. The van der Waals surface area contributed by atoms with Crippen molar-refractivity contribution < 1.29 is 4.79 Å². The Morgan fingerprint density at radius 1 is 1.31 bits per heavy atom. The van der Waals surface area contributed by atoms with Crippen molar-refractivity contribution in [3.8, 4) is 0 Å². The van der Waals surface area contributed by atoms with E-state index in [-0.39, 0.29) is 11.9 Å². The van der Waals surface area contributed by atoms with Crippen LogP contribution < -0.4 is 10.6 Å². The van der Waals surface area contributed by atoms with Gasteiger partial charge in [0.05, 0.1) is 6.04 Å². The van der Waals surface area contributed by atoms with Crippen LogP contribution in [0.3, 0.4) is 0 Å². The minimum absolute atomic E-state index is 0.0602. The van der Waals surface area contributed by atoms with Crippen LogP contribution in [-0.2, 0) is 4.79 Å². The van der Waals surface area contributed by atoms with Gasteiger partial charge in [0.2, 0.25) is 5.91 Å². The Kier molecular flexibility index (Phi) is 2.77. The average molecular weight is 224 g/mol. The summed E-state index contributed by atoms with van der Waals surface area (Å²) in [6.45, 7) is 11.0. The molecule has 92 valence electrons. The van der Waals surface area contributed by atoms with Crippen molar-refractivity contribution in [2.45, 2.75) is 46.6 Å². The topological polar surface area (TPSA) is 41.1 Å². The Morgan fingerprint density at radius 3 is 2.38 bits per heavy atom. The van der Waals surface area contributed by atoms with E-state index in [2.05, 4.69) is 38.3 Å². The van der Waals surface area contributed by atoms with Crippen LogP contribution in [0.15, 0.2) is 0 Å². The molecule has 2 fully saturated rings. The van der Waals surface area contributed by atoms with Crippen molar-refractivity contribution in [1.29, 1.82) is 0 Å². The summed E-state index contributed by atoms with van der Waals surface area (Å²) in [7, 11) is 0. The fraction of sp³-hybridized carbons (Fsp3) is 0.923. The molecule has 1 heterocycles. The second-order valence-electron chi connectivity index (χ2n) is 6.39. The Morgan fingerprint density at radius 2 is 1.94 bits per heavy atom. The lowest BCUT2D eigenvalue weighted by Crippen LogP contribution is -2.41. The van der Waals surface area contributed by atoms with E-state index in [1.54, 1.807) is 0 Å². The van der Waals surface area contributed by atoms with Gasteiger partial charge in [-0.15, -0.1) is 0 Å². The number of carbonyl (C=O) groups is 1. The molecule has 16 heavy (non-hydrogen) atoms. The van der Waals surface area contributed by atoms with Crippen molar-refractivity contribution in [2.24, 2.45) is 16.7 Å². The summed E-state index contributed by atoms with van der Waals surface area (Å²) in [4.78, 5) is 11.8. The molecule has 0 aromatic carbocycles. The fourth-order valence-corrected chi connectivity index (χ4v) is 3.08. The molecule has 1 saturated heterocycles. The fourth-order valence-electron chi connectivity index (χ4n) is 3.08. The van der Waals surface area contributed by atoms with Gasteiger partial charge in [0.25, 0.3) is 0 Å². The minimum Gasteiger partial charge on any atom is -0.354 e. The predicted molar refractivity (Wildman–Crippen MR) is 65.1 cm³/mol. The molecule has 0 aromatic heterocycles. The van der Waals surface area contributed by atoms with E-state index in [0.717, 1.165) is 25.9 Å². The summed E-state index contributed by atoms with van der Waals surface area (Å²) in [6.07, 6.45) is 2.11. The van der Waals surface area contributed by atoms with Crippen LogP contribution in [-0.4, -0.2) is 25.0 Å². The van der Waals surface area contributed by atoms with Crippen molar-refractivity contribution in [1.82, 2.24) is 10.6 Å². The third-order valence-corrected chi connectivity index (χ3v) is 5.18. The highest BCUT2D eigenvalue weighted by atomic mass is 16.2. The molecular formula is C13H24N2O. The van der Waals surface area contributed by atoms with Crippen LogP contribution in [0.5, 0.6) is 0 Å². The predicted octanol–water partition coefficient (Wildman–Crippen LogP) is 1.54. The Bertz CT molecular complexity index is 276. The number of hydrogen-bond donors (Lipinski definition) is 2. The summed E-state index contributed by atoms with van der Waals surface area (Å²) in [5.74, 6) is 0.807. The molecule has 1 saturated carbocycles. The van der Waals surface area contributed by atoms with Crippen molar-refractivity contribution >= 4 is 5.91 Å². The third-order valence-electron chi connectivity index (χ3n) is 5.18. The van der Waals surface area contributed by atoms with Gasteiger partial charge >= 0.3 is 0 Å². The molecule has 3 heteroatoms. The maximum absolute atomic E-state index is 11.8. The van der Waals surface area contributed by atoms with Crippen LogP contribution in [0, 0.1) is 16.7 Å². The first-order valence-electron chi connectivity index (χ1n) is 6.38. The van der Waals surface area contributed by atoms with Gasteiger partial charge in [0, 0.05) is 6.54 Å². The molecule has 1 aliphatic carbocycles. The minimum atomic E-state index is 0.0602. The lowest BCUT2D eigenvalue weighted by Gasteiger charge is -2.11. The van der Waals surface area contributed by atoms with E-state index in [0.29, 0.717) is 16.7 Å². The van der Waals surface area contributed by atoms with E-state index < -0.39 is 0 Å². The zero-order chi connectivity index (χ0) is 12.0. The summed E-state index contributed by atoms with van der Waals surface area (Å²) in [6, 6.07) is 0.0602. The van der Waals surface area contributed by atoms with E-state index >= 15 is 0 Å². The lowest BCUT2D eigenvalue weighted by molar-refractivity contribution is -0.122. The summed E-state index contributed by atoms with van der Waals surface area (Å²) in [5.41, 5.74) is 0.729. The SMILES string of the molecule is CC1(C)C(CNC(=O)C2CCCN2)C1(C)C. The molecule has 2 aliphatic rings. The second kappa shape index (κ2) is 3.73. The van der Waals surface area contributed by atoms with Gasteiger partial charge < -0.3 is 10.6 Å². The maximum Gasteiger partial charge on any atom is 0.237 e. The molecule has 0 radical (unpaired) electrons. The van der Waals surface area contributed by atoms with Crippen LogP contribution >= 0.6 is 0 Å². The number of nitrogens with one attached hydrogen (secondary N) is 2. The van der Waals surface area contributed by atoms with Gasteiger partial charge in [-0.25, -0.2) is 0 Å². The van der Waals surface area contributed by atoms with Gasteiger partial charge in [0.1, 0.15) is 0 Å². The Labute approximate surface area is 98.4 Å². The zero-order valence-corrected chi connectivity index (χ0v) is 10.9. The molecule has 3 nitrogen and oxygen atoms in total. The number of amides is 1. The molecular weight excluding hydrogens is 200 g/mol. The quantitative estimate of drug-likeness (QED) is 0.763. The molecule has 1 unspecified atom stereocenters. The monoisotopic (exact) mass is 224 g/mol. The highest BCUT2D eigenvalue weighted by Gasteiger charge is 2.64. The first-order chi connectivity index (χ1) is 7.37. The molecule has 0 aromatic rings. The summed E-state index contributed by atoms with van der Waals surface area (Å²) < 4.78 is 0. The number of rotatable bonds is 3. The average Bonchev–Trinajstić information content (AvgIpc) is 2.66. The molecule has 2 rings (SSSR count). The maximum atomic E-state index is 11.8. The van der Waals surface area contributed by atoms with Gasteiger partial charge in [-0.3, -0.25) is 4.79 Å². The van der Waals surface area contributed by atoms with E-state index in [1.165, 1.54) is 0 Å². The normalized spacial score (nSPS) is 31.4. The first kappa shape index (κ1) is 11.9. The number of carbonyl (C=O) groups excluding carboxylic acids is 1. The summed E-state index contributed by atoms with van der Waals surface area (Å²) >= 11 is 0. The van der Waals surface area contributed by atoms with Crippen LogP contribution in [0.4, 0.5) is 0 Å².